The second-order valence-electron chi connectivity index (χ2n) is 8.52. The Balaban J connectivity index is 1.21. The van der Waals surface area contributed by atoms with Gasteiger partial charge in [-0.25, -0.2) is 13.4 Å². The van der Waals surface area contributed by atoms with Crippen LogP contribution in [0.1, 0.15) is 24.0 Å². The van der Waals surface area contributed by atoms with Crippen LogP contribution >= 0.6 is 22.7 Å². The smallest absolute Gasteiger partial charge is 0.252 e. The van der Waals surface area contributed by atoms with Crippen molar-refractivity contribution in [1.82, 2.24) is 9.29 Å². The van der Waals surface area contributed by atoms with Crippen LogP contribution in [-0.4, -0.2) is 36.7 Å². The number of carbonyl (C=O) groups is 1. The van der Waals surface area contributed by atoms with Crippen molar-refractivity contribution in [2.45, 2.75) is 23.5 Å². The lowest BCUT2D eigenvalue weighted by Crippen LogP contribution is -2.43. The quantitative estimate of drug-likeness (QED) is 0.347. The third kappa shape index (κ3) is 5.54. The van der Waals surface area contributed by atoms with Gasteiger partial charge in [-0.2, -0.15) is 4.31 Å². The number of benzene rings is 2. The molecule has 1 fully saturated rings. The van der Waals surface area contributed by atoms with Crippen LogP contribution in [0.15, 0.2) is 81.7 Å². The number of piperidine rings is 1. The fourth-order valence-electron chi connectivity index (χ4n) is 4.21. The van der Waals surface area contributed by atoms with E-state index in [9.17, 15) is 13.2 Å². The third-order valence-electron chi connectivity index (χ3n) is 6.08. The third-order valence-corrected chi connectivity index (χ3v) is 10.1. The molecule has 1 atom stereocenters. The molecule has 1 unspecified atom stereocenters. The molecule has 1 aliphatic rings. The van der Waals surface area contributed by atoms with Gasteiger partial charge in [0, 0.05) is 24.0 Å². The molecule has 180 valence electrons. The fourth-order valence-corrected chi connectivity index (χ4v) is 7.60. The van der Waals surface area contributed by atoms with Crippen LogP contribution in [0.5, 0.6) is 0 Å². The number of thiazole rings is 1. The first-order valence-corrected chi connectivity index (χ1v) is 14.6. The molecule has 1 aliphatic heterocycles. The van der Waals surface area contributed by atoms with E-state index in [0.29, 0.717) is 28.7 Å². The summed E-state index contributed by atoms with van der Waals surface area (Å²) in [6.07, 6.45) is 2.19. The van der Waals surface area contributed by atoms with Gasteiger partial charge in [0.05, 0.1) is 11.6 Å². The van der Waals surface area contributed by atoms with Crippen molar-refractivity contribution in [3.05, 3.63) is 88.6 Å². The Morgan fingerprint density at radius 1 is 1.00 bits per heavy atom. The Bertz CT molecular complexity index is 1380. The highest BCUT2D eigenvalue weighted by Gasteiger charge is 2.34. The number of anilines is 1. The zero-order chi connectivity index (χ0) is 24.3. The molecule has 0 radical (unpaired) electrons. The number of sulfonamides is 1. The topological polar surface area (TPSA) is 79.4 Å². The number of thiophene rings is 1. The lowest BCUT2D eigenvalue weighted by Gasteiger charge is -2.30. The number of amides is 1. The van der Waals surface area contributed by atoms with E-state index in [1.54, 1.807) is 17.5 Å². The maximum absolute atomic E-state index is 12.9. The molecular weight excluding hydrogens is 499 g/mol. The zero-order valence-corrected chi connectivity index (χ0v) is 21.4. The molecule has 3 heterocycles. The van der Waals surface area contributed by atoms with Gasteiger partial charge in [-0.15, -0.1) is 22.7 Å². The summed E-state index contributed by atoms with van der Waals surface area (Å²) in [7, 11) is -3.55. The second kappa shape index (κ2) is 10.4. The van der Waals surface area contributed by atoms with E-state index in [1.807, 2.05) is 35.7 Å². The molecule has 35 heavy (non-hydrogen) atoms. The zero-order valence-electron chi connectivity index (χ0n) is 19.0. The summed E-state index contributed by atoms with van der Waals surface area (Å²) in [6, 6.07) is 22.0. The van der Waals surface area contributed by atoms with Crippen LogP contribution in [0, 0.1) is 5.92 Å². The van der Waals surface area contributed by atoms with Crippen molar-refractivity contribution in [1.29, 1.82) is 0 Å². The van der Waals surface area contributed by atoms with Crippen LogP contribution in [0.25, 0.3) is 11.3 Å². The number of nitrogens with one attached hydrogen (secondary N) is 1. The summed E-state index contributed by atoms with van der Waals surface area (Å²) < 4.78 is 27.5. The molecule has 1 amide bonds. The van der Waals surface area contributed by atoms with Gasteiger partial charge in [-0.1, -0.05) is 60.7 Å². The Morgan fingerprint density at radius 3 is 2.51 bits per heavy atom. The maximum atomic E-state index is 12.9. The average Bonchev–Trinajstić information content (AvgIpc) is 3.59. The first-order valence-electron chi connectivity index (χ1n) is 11.4. The van der Waals surface area contributed by atoms with Gasteiger partial charge in [-0.3, -0.25) is 4.79 Å². The predicted molar refractivity (Wildman–Crippen MR) is 141 cm³/mol. The molecule has 6 nitrogen and oxygen atoms in total. The van der Waals surface area contributed by atoms with Crippen molar-refractivity contribution in [3.63, 3.8) is 0 Å². The highest BCUT2D eigenvalue weighted by Crippen LogP contribution is 2.29. The molecule has 2 aromatic heterocycles. The summed E-state index contributed by atoms with van der Waals surface area (Å²) >= 11 is 2.57. The van der Waals surface area contributed by atoms with Crippen molar-refractivity contribution in [3.8, 4) is 11.3 Å². The van der Waals surface area contributed by atoms with Crippen molar-refractivity contribution in [2.75, 3.05) is 18.4 Å². The number of rotatable bonds is 7. The standard InChI is InChI=1S/C26H25N3O3S3/c30-25(22-8-4-14-29(17-22)35(31,32)24-9-5-15-33-24)28-26-27-23(18-34-26)21-12-10-20(11-13-21)16-19-6-2-1-3-7-19/h1-3,5-7,9-13,15,18,22H,4,8,14,16-17H2,(H,27,28,30). The summed E-state index contributed by atoms with van der Waals surface area (Å²) in [6.45, 7) is 0.624. The van der Waals surface area contributed by atoms with E-state index in [1.165, 1.54) is 38.1 Å². The molecule has 1 saturated heterocycles. The summed E-state index contributed by atoms with van der Waals surface area (Å²) in [5, 5.41) is 7.10. The number of aromatic nitrogens is 1. The first kappa shape index (κ1) is 23.9. The summed E-state index contributed by atoms with van der Waals surface area (Å²) in [5.74, 6) is -0.585. The van der Waals surface area contributed by atoms with Gasteiger partial charge < -0.3 is 5.32 Å². The van der Waals surface area contributed by atoms with E-state index in [4.69, 9.17) is 0 Å². The van der Waals surface area contributed by atoms with Gasteiger partial charge in [0.2, 0.25) is 5.91 Å². The van der Waals surface area contributed by atoms with E-state index < -0.39 is 15.9 Å². The van der Waals surface area contributed by atoms with Crippen LogP contribution in [-0.2, 0) is 21.2 Å². The first-order chi connectivity index (χ1) is 17.0. The molecule has 9 heteroatoms. The second-order valence-corrected chi connectivity index (χ2v) is 12.5. The van der Waals surface area contributed by atoms with Crippen molar-refractivity contribution < 1.29 is 13.2 Å². The minimum absolute atomic E-state index is 0.185. The normalized spacial score (nSPS) is 16.7. The lowest BCUT2D eigenvalue weighted by atomic mass is 9.99. The van der Waals surface area contributed by atoms with Crippen LogP contribution in [0.4, 0.5) is 5.13 Å². The number of carbonyl (C=O) groups excluding carboxylic acids is 1. The summed E-state index contributed by atoms with van der Waals surface area (Å²) in [5.41, 5.74) is 4.29. The van der Waals surface area contributed by atoms with E-state index >= 15 is 0 Å². The SMILES string of the molecule is O=C(Nc1nc(-c2ccc(Cc3ccccc3)cc2)cs1)C1CCCN(S(=O)(=O)c2cccs2)C1. The van der Waals surface area contributed by atoms with Gasteiger partial charge in [0.1, 0.15) is 4.21 Å². The molecule has 4 aromatic rings. The molecule has 0 spiro atoms. The Labute approximate surface area is 213 Å². The molecular formula is C26H25N3O3S3. The van der Waals surface area contributed by atoms with Gasteiger partial charge >= 0.3 is 0 Å². The average molecular weight is 524 g/mol. The highest BCUT2D eigenvalue weighted by atomic mass is 32.2. The maximum Gasteiger partial charge on any atom is 0.252 e. The predicted octanol–water partition coefficient (Wildman–Crippen LogP) is 5.50. The van der Waals surface area contributed by atoms with Crippen molar-refractivity contribution >= 4 is 43.7 Å². The van der Waals surface area contributed by atoms with E-state index in [2.05, 4.69) is 34.6 Å². The number of hydrogen-bond acceptors (Lipinski definition) is 6. The molecule has 0 aliphatic carbocycles. The fraction of sp³-hybridized carbons (Fsp3) is 0.231. The Morgan fingerprint density at radius 2 is 1.77 bits per heavy atom. The largest absolute Gasteiger partial charge is 0.302 e. The van der Waals surface area contributed by atoms with Gasteiger partial charge in [0.15, 0.2) is 5.13 Å². The highest BCUT2D eigenvalue weighted by molar-refractivity contribution is 7.91. The van der Waals surface area contributed by atoms with Crippen LogP contribution < -0.4 is 5.32 Å². The molecule has 0 saturated carbocycles. The summed E-state index contributed by atoms with van der Waals surface area (Å²) in [4.78, 5) is 17.5. The minimum Gasteiger partial charge on any atom is -0.302 e. The monoisotopic (exact) mass is 523 g/mol. The van der Waals surface area contributed by atoms with Crippen LogP contribution in [0.2, 0.25) is 0 Å². The van der Waals surface area contributed by atoms with Crippen molar-refractivity contribution in [2.24, 2.45) is 5.92 Å². The van der Waals surface area contributed by atoms with Gasteiger partial charge in [0.25, 0.3) is 10.0 Å². The lowest BCUT2D eigenvalue weighted by molar-refractivity contribution is -0.120. The molecule has 1 N–H and O–H groups in total. The van der Waals surface area contributed by atoms with E-state index in [0.717, 1.165) is 17.7 Å². The van der Waals surface area contributed by atoms with Gasteiger partial charge in [-0.05, 0) is 41.8 Å². The Kier molecular flexibility index (Phi) is 7.10. The number of nitrogens with zero attached hydrogens (tertiary/aromatic N) is 2. The molecule has 2 aromatic carbocycles. The molecule has 0 bridgehead atoms. The number of hydrogen-bond donors (Lipinski definition) is 1. The minimum atomic E-state index is -3.55. The van der Waals surface area contributed by atoms with E-state index in [-0.39, 0.29) is 12.5 Å². The van der Waals surface area contributed by atoms with Crippen LogP contribution in [0.3, 0.4) is 0 Å². The molecule has 5 rings (SSSR count). The Hall–Kier alpha value is -2.85.